The van der Waals surface area contributed by atoms with Gasteiger partial charge in [-0.1, -0.05) is 24.3 Å². The van der Waals surface area contributed by atoms with Gasteiger partial charge in [0.1, 0.15) is 0 Å². The van der Waals surface area contributed by atoms with Crippen molar-refractivity contribution in [3.8, 4) is 6.07 Å². The summed E-state index contributed by atoms with van der Waals surface area (Å²) >= 11 is 0. The minimum absolute atomic E-state index is 0.614. The second-order valence-corrected chi connectivity index (χ2v) is 6.16. The lowest BCUT2D eigenvalue weighted by molar-refractivity contribution is -0.0513. The maximum Gasteiger partial charge on any atom is 0.0974 e. The Morgan fingerprint density at radius 2 is 2.00 bits per heavy atom. The molecule has 2 aliphatic rings. The van der Waals surface area contributed by atoms with Crippen molar-refractivity contribution >= 4 is 0 Å². The highest BCUT2D eigenvalue weighted by atomic mass is 16.3. The monoisotopic (exact) mass is 256 g/mol. The molecule has 1 aromatic carbocycles. The van der Waals surface area contributed by atoms with Crippen LogP contribution in [0.1, 0.15) is 24.0 Å². The molecule has 1 heterocycles. The summed E-state index contributed by atoms with van der Waals surface area (Å²) in [6.07, 6.45) is 3.06. The second-order valence-electron chi connectivity index (χ2n) is 6.16. The van der Waals surface area contributed by atoms with Gasteiger partial charge in [-0.15, -0.1) is 0 Å². The molecule has 2 atom stereocenters. The van der Waals surface area contributed by atoms with Gasteiger partial charge in [0.25, 0.3) is 0 Å². The van der Waals surface area contributed by atoms with Gasteiger partial charge in [0.05, 0.1) is 17.1 Å². The van der Waals surface area contributed by atoms with E-state index in [0.29, 0.717) is 19.4 Å². The Morgan fingerprint density at radius 1 is 1.26 bits per heavy atom. The Morgan fingerprint density at radius 3 is 2.63 bits per heavy atom. The van der Waals surface area contributed by atoms with Crippen LogP contribution in [0.15, 0.2) is 24.3 Å². The summed E-state index contributed by atoms with van der Waals surface area (Å²) in [6.45, 7) is 1.49. The van der Waals surface area contributed by atoms with Crippen LogP contribution in [0.2, 0.25) is 0 Å². The molecular formula is C16H20N2O. The minimum atomic E-state index is -0.857. The van der Waals surface area contributed by atoms with Gasteiger partial charge in [-0.05, 0) is 43.9 Å². The van der Waals surface area contributed by atoms with Gasteiger partial charge < -0.3 is 10.0 Å². The first-order valence-corrected chi connectivity index (χ1v) is 6.98. The lowest BCUT2D eigenvalue weighted by Gasteiger charge is -2.43. The number of likely N-dealkylation sites (tertiary alicyclic amines) is 1. The molecule has 1 N–H and O–H groups in total. The summed E-state index contributed by atoms with van der Waals surface area (Å²) in [7, 11) is 2.01. The number of fused-ring (bicyclic) bond motifs is 1. The molecule has 3 heteroatoms. The van der Waals surface area contributed by atoms with Crippen molar-refractivity contribution in [2.45, 2.75) is 31.3 Å². The molecule has 1 aromatic rings. The van der Waals surface area contributed by atoms with Crippen LogP contribution in [0.4, 0.5) is 0 Å². The zero-order valence-corrected chi connectivity index (χ0v) is 11.4. The lowest BCUT2D eigenvalue weighted by atomic mass is 9.62. The second kappa shape index (κ2) is 4.33. The molecule has 19 heavy (non-hydrogen) atoms. The van der Waals surface area contributed by atoms with E-state index in [0.717, 1.165) is 19.4 Å². The molecule has 0 amide bonds. The Hall–Kier alpha value is -1.37. The van der Waals surface area contributed by atoms with Crippen molar-refractivity contribution in [3.63, 3.8) is 0 Å². The van der Waals surface area contributed by atoms with E-state index in [2.05, 4.69) is 29.2 Å². The maximum absolute atomic E-state index is 11.0. The fourth-order valence-corrected chi connectivity index (χ4v) is 3.70. The number of benzene rings is 1. The van der Waals surface area contributed by atoms with Crippen LogP contribution in [0.3, 0.4) is 0 Å². The molecule has 0 aromatic heterocycles. The number of β-amino-alcohol motifs (C(OH)–C–C–N with tert-alkyl or cyclic N) is 1. The molecule has 1 saturated heterocycles. The van der Waals surface area contributed by atoms with E-state index >= 15 is 0 Å². The Balaban J connectivity index is 1.97. The Bertz CT molecular complexity index is 536. The summed E-state index contributed by atoms with van der Waals surface area (Å²) in [5.41, 5.74) is 1.09. The third kappa shape index (κ3) is 1.87. The lowest BCUT2D eigenvalue weighted by Crippen LogP contribution is -2.52. The highest BCUT2D eigenvalue weighted by Crippen LogP contribution is 2.47. The topological polar surface area (TPSA) is 47.3 Å². The number of aryl methyl sites for hydroxylation is 1. The van der Waals surface area contributed by atoms with Crippen LogP contribution in [0.5, 0.6) is 0 Å². The fourth-order valence-electron chi connectivity index (χ4n) is 3.70. The van der Waals surface area contributed by atoms with Gasteiger partial charge >= 0.3 is 0 Å². The van der Waals surface area contributed by atoms with E-state index in [4.69, 9.17) is 0 Å². The summed E-state index contributed by atoms with van der Waals surface area (Å²) < 4.78 is 0. The average Bonchev–Trinajstić information content (AvgIpc) is 2.79. The number of hydrogen-bond donors (Lipinski definition) is 1. The highest BCUT2D eigenvalue weighted by molar-refractivity contribution is 5.35. The van der Waals surface area contributed by atoms with Crippen molar-refractivity contribution in [2.75, 3.05) is 20.1 Å². The van der Waals surface area contributed by atoms with Crippen molar-refractivity contribution in [1.29, 1.82) is 5.26 Å². The summed E-state index contributed by atoms with van der Waals surface area (Å²) in [5, 5.41) is 20.7. The normalized spacial score (nSPS) is 34.8. The summed E-state index contributed by atoms with van der Waals surface area (Å²) in [6, 6.07) is 10.8. The molecule has 0 radical (unpaired) electrons. The predicted molar refractivity (Wildman–Crippen MR) is 73.6 cm³/mol. The number of likely N-dealkylation sites (N-methyl/N-ethyl adjacent to an activating group) is 1. The van der Waals surface area contributed by atoms with Gasteiger partial charge in [0.2, 0.25) is 0 Å². The molecule has 2 unspecified atom stereocenters. The first-order chi connectivity index (χ1) is 9.09. The molecular weight excluding hydrogens is 236 g/mol. The van der Waals surface area contributed by atoms with Gasteiger partial charge in [-0.25, -0.2) is 0 Å². The molecule has 100 valence electrons. The highest BCUT2D eigenvalue weighted by Gasteiger charge is 2.54. The summed E-state index contributed by atoms with van der Waals surface area (Å²) in [5.74, 6) is 0. The quantitative estimate of drug-likeness (QED) is 0.832. The first-order valence-electron chi connectivity index (χ1n) is 6.98. The van der Waals surface area contributed by atoms with Gasteiger partial charge in [0.15, 0.2) is 0 Å². The molecule has 3 rings (SSSR count). The average molecular weight is 256 g/mol. The molecule has 3 nitrogen and oxygen atoms in total. The summed E-state index contributed by atoms with van der Waals surface area (Å²) in [4.78, 5) is 2.12. The maximum atomic E-state index is 11.0. The Labute approximate surface area is 114 Å². The van der Waals surface area contributed by atoms with Crippen LogP contribution in [-0.4, -0.2) is 35.7 Å². The molecule has 1 fully saturated rings. The third-order valence-corrected chi connectivity index (χ3v) is 4.98. The van der Waals surface area contributed by atoms with E-state index in [1.54, 1.807) is 0 Å². The largest absolute Gasteiger partial charge is 0.387 e. The zero-order valence-electron chi connectivity index (χ0n) is 11.4. The molecule has 1 aliphatic carbocycles. The number of nitrogens with zero attached hydrogens (tertiary/aromatic N) is 2. The molecule has 0 spiro atoms. The van der Waals surface area contributed by atoms with Crippen LogP contribution in [0, 0.1) is 16.7 Å². The molecule has 1 aliphatic heterocycles. The zero-order chi connectivity index (χ0) is 13.5. The van der Waals surface area contributed by atoms with Crippen molar-refractivity contribution in [3.05, 3.63) is 35.4 Å². The number of hydrogen-bond acceptors (Lipinski definition) is 3. The van der Waals surface area contributed by atoms with E-state index in [-0.39, 0.29) is 0 Å². The number of rotatable bonds is 1. The standard InChI is InChI=1S/C16H20N2O/c1-18-9-8-16(19,12-18)15(11-17)7-6-13-4-2-3-5-14(13)10-15/h2-5,19H,6-10,12H2,1H3. The molecule has 0 saturated carbocycles. The van der Waals surface area contributed by atoms with Crippen molar-refractivity contribution < 1.29 is 5.11 Å². The van der Waals surface area contributed by atoms with Gasteiger partial charge in [-0.3, -0.25) is 0 Å². The van der Waals surface area contributed by atoms with Gasteiger partial charge in [-0.2, -0.15) is 5.26 Å². The van der Waals surface area contributed by atoms with Crippen LogP contribution < -0.4 is 0 Å². The number of aliphatic hydroxyl groups is 1. The van der Waals surface area contributed by atoms with Crippen LogP contribution in [0.25, 0.3) is 0 Å². The van der Waals surface area contributed by atoms with Crippen LogP contribution in [-0.2, 0) is 12.8 Å². The van der Waals surface area contributed by atoms with Crippen molar-refractivity contribution in [2.24, 2.45) is 5.41 Å². The first kappa shape index (κ1) is 12.7. The van der Waals surface area contributed by atoms with E-state index < -0.39 is 11.0 Å². The minimum Gasteiger partial charge on any atom is -0.387 e. The van der Waals surface area contributed by atoms with E-state index in [9.17, 15) is 10.4 Å². The van der Waals surface area contributed by atoms with Gasteiger partial charge in [0, 0.05) is 13.1 Å². The molecule has 0 bridgehead atoms. The smallest absolute Gasteiger partial charge is 0.0974 e. The number of nitriles is 1. The Kier molecular flexibility index (Phi) is 2.88. The van der Waals surface area contributed by atoms with Crippen molar-refractivity contribution in [1.82, 2.24) is 4.90 Å². The third-order valence-electron chi connectivity index (χ3n) is 4.98. The fraction of sp³-hybridized carbons (Fsp3) is 0.562. The van der Waals surface area contributed by atoms with E-state index in [1.807, 2.05) is 13.1 Å². The predicted octanol–water partition coefficient (Wildman–Crippen LogP) is 1.75. The SMILES string of the molecule is CN1CCC(O)(C2(C#N)CCc3ccccc3C2)C1. The van der Waals surface area contributed by atoms with E-state index in [1.165, 1.54) is 11.1 Å². The van der Waals surface area contributed by atoms with Crippen LogP contribution >= 0.6 is 0 Å².